The van der Waals surface area contributed by atoms with Crippen molar-refractivity contribution in [2.24, 2.45) is 0 Å². The summed E-state index contributed by atoms with van der Waals surface area (Å²) in [6.07, 6.45) is 3.92. The molecule has 0 aromatic rings. The molecule has 0 aliphatic heterocycles. The van der Waals surface area contributed by atoms with Gasteiger partial charge in [-0.3, -0.25) is 0 Å². The lowest BCUT2D eigenvalue weighted by molar-refractivity contribution is 0.0175. The van der Waals surface area contributed by atoms with Crippen LogP contribution in [-0.2, 0) is 9.47 Å². The van der Waals surface area contributed by atoms with E-state index in [9.17, 15) is 0 Å². The van der Waals surface area contributed by atoms with Gasteiger partial charge in [-0.2, -0.15) is 0 Å². The molecule has 1 unspecified atom stereocenters. The summed E-state index contributed by atoms with van der Waals surface area (Å²) >= 11 is 0. The van der Waals surface area contributed by atoms with Crippen LogP contribution >= 0.6 is 0 Å². The van der Waals surface area contributed by atoms with Gasteiger partial charge in [-0.15, -0.1) is 0 Å². The van der Waals surface area contributed by atoms with Crippen LogP contribution in [0.3, 0.4) is 0 Å². The minimum Gasteiger partial charge on any atom is -0.379 e. The predicted molar refractivity (Wildman–Crippen MR) is 46.8 cm³/mol. The quantitative estimate of drug-likeness (QED) is 0.532. The first-order valence-corrected chi connectivity index (χ1v) is 4.41. The normalized spacial score (nSPS) is 13.4. The van der Waals surface area contributed by atoms with E-state index in [1.807, 2.05) is 6.92 Å². The van der Waals surface area contributed by atoms with Gasteiger partial charge < -0.3 is 9.47 Å². The van der Waals surface area contributed by atoms with Gasteiger partial charge in [0.1, 0.15) is 0 Å². The molecule has 11 heavy (non-hydrogen) atoms. The summed E-state index contributed by atoms with van der Waals surface area (Å²) in [5, 5.41) is 0. The Bertz CT molecular complexity index is 74.0. The maximum absolute atomic E-state index is 5.36. The highest BCUT2D eigenvalue weighted by Crippen LogP contribution is 1.95. The average Bonchev–Trinajstić information content (AvgIpc) is 2.04. The summed E-state index contributed by atoms with van der Waals surface area (Å²) in [5.74, 6) is 0. The number of rotatable bonds is 7. The summed E-state index contributed by atoms with van der Waals surface area (Å²) in [6, 6.07) is 0. The number of hydrogen-bond acceptors (Lipinski definition) is 2. The molecule has 0 radical (unpaired) electrons. The summed E-state index contributed by atoms with van der Waals surface area (Å²) < 4.78 is 10.4. The first kappa shape index (κ1) is 10.9. The molecule has 0 rings (SSSR count). The van der Waals surface area contributed by atoms with Crippen molar-refractivity contribution in [1.82, 2.24) is 0 Å². The highest BCUT2D eigenvalue weighted by Gasteiger charge is 1.97. The second-order valence-electron chi connectivity index (χ2n) is 2.83. The lowest BCUT2D eigenvalue weighted by Crippen LogP contribution is -2.14. The Morgan fingerprint density at radius 2 is 2.00 bits per heavy atom. The van der Waals surface area contributed by atoms with Crippen molar-refractivity contribution in [3.63, 3.8) is 0 Å². The molecule has 1 atom stereocenters. The number of methoxy groups -OCH3 is 1. The molecule has 0 N–H and O–H groups in total. The maximum atomic E-state index is 5.36. The number of hydrogen-bond donors (Lipinski definition) is 0. The van der Waals surface area contributed by atoms with Crippen LogP contribution in [0.1, 0.15) is 33.1 Å². The summed E-state index contributed by atoms with van der Waals surface area (Å²) in [5.41, 5.74) is 0. The van der Waals surface area contributed by atoms with E-state index in [1.165, 1.54) is 19.3 Å². The van der Waals surface area contributed by atoms with Crippen LogP contribution in [0.25, 0.3) is 0 Å². The lowest BCUT2D eigenvalue weighted by Gasteiger charge is -2.09. The van der Waals surface area contributed by atoms with Gasteiger partial charge in [0, 0.05) is 13.7 Å². The standard InChI is InChI=1S/C9H20O2/c1-4-5-6-7-11-8-9(2)10-3/h9H,4-8H2,1-3H3. The van der Waals surface area contributed by atoms with Crippen molar-refractivity contribution in [3.8, 4) is 0 Å². The van der Waals surface area contributed by atoms with Crippen molar-refractivity contribution in [2.45, 2.75) is 39.2 Å². The van der Waals surface area contributed by atoms with Crippen molar-refractivity contribution < 1.29 is 9.47 Å². The van der Waals surface area contributed by atoms with Gasteiger partial charge in [0.25, 0.3) is 0 Å². The van der Waals surface area contributed by atoms with Gasteiger partial charge >= 0.3 is 0 Å². The van der Waals surface area contributed by atoms with Crippen LogP contribution in [0, 0.1) is 0 Å². The van der Waals surface area contributed by atoms with Crippen molar-refractivity contribution in [2.75, 3.05) is 20.3 Å². The van der Waals surface area contributed by atoms with E-state index in [4.69, 9.17) is 9.47 Å². The van der Waals surface area contributed by atoms with Gasteiger partial charge in [-0.1, -0.05) is 19.8 Å². The van der Waals surface area contributed by atoms with E-state index < -0.39 is 0 Å². The first-order valence-electron chi connectivity index (χ1n) is 4.41. The van der Waals surface area contributed by atoms with E-state index in [2.05, 4.69) is 6.92 Å². The third kappa shape index (κ3) is 7.82. The fourth-order valence-electron chi connectivity index (χ4n) is 0.771. The Morgan fingerprint density at radius 1 is 1.27 bits per heavy atom. The largest absolute Gasteiger partial charge is 0.379 e. The minimum absolute atomic E-state index is 0.233. The Hall–Kier alpha value is -0.0800. The van der Waals surface area contributed by atoms with E-state index in [0.29, 0.717) is 0 Å². The molecule has 0 fully saturated rings. The zero-order valence-corrected chi connectivity index (χ0v) is 7.93. The fourth-order valence-corrected chi connectivity index (χ4v) is 0.771. The Morgan fingerprint density at radius 3 is 2.55 bits per heavy atom. The SMILES string of the molecule is CCCCCOCC(C)OC. The van der Waals surface area contributed by atoms with Crippen LogP contribution < -0.4 is 0 Å². The molecule has 0 bridgehead atoms. The first-order chi connectivity index (χ1) is 5.31. The smallest absolute Gasteiger partial charge is 0.0776 e. The highest BCUT2D eigenvalue weighted by atomic mass is 16.5. The molecule has 0 aliphatic rings. The summed E-state index contributed by atoms with van der Waals surface area (Å²) in [7, 11) is 1.71. The molecule has 0 amide bonds. The lowest BCUT2D eigenvalue weighted by atomic mass is 10.3. The molecule has 0 aromatic carbocycles. The second kappa shape index (κ2) is 8.02. The zero-order chi connectivity index (χ0) is 8.53. The molecule has 68 valence electrons. The third-order valence-electron chi connectivity index (χ3n) is 1.65. The molecular formula is C9H20O2. The van der Waals surface area contributed by atoms with Gasteiger partial charge in [-0.05, 0) is 13.3 Å². The minimum atomic E-state index is 0.233. The van der Waals surface area contributed by atoms with Crippen molar-refractivity contribution in [3.05, 3.63) is 0 Å². The predicted octanol–water partition coefficient (Wildman–Crippen LogP) is 2.23. The van der Waals surface area contributed by atoms with Gasteiger partial charge in [0.15, 0.2) is 0 Å². The number of ether oxygens (including phenoxy) is 2. The van der Waals surface area contributed by atoms with Crippen molar-refractivity contribution in [1.29, 1.82) is 0 Å². The molecular weight excluding hydrogens is 140 g/mol. The average molecular weight is 160 g/mol. The van der Waals surface area contributed by atoms with Gasteiger partial charge in [0.2, 0.25) is 0 Å². The van der Waals surface area contributed by atoms with Gasteiger partial charge in [-0.25, -0.2) is 0 Å². The molecule has 2 nitrogen and oxygen atoms in total. The molecule has 0 heterocycles. The van der Waals surface area contributed by atoms with E-state index in [0.717, 1.165) is 13.2 Å². The monoisotopic (exact) mass is 160 g/mol. The van der Waals surface area contributed by atoms with Crippen LogP contribution in [0.15, 0.2) is 0 Å². The molecule has 0 aromatic heterocycles. The fraction of sp³-hybridized carbons (Fsp3) is 1.00. The van der Waals surface area contributed by atoms with E-state index in [-0.39, 0.29) is 6.10 Å². The molecule has 0 saturated carbocycles. The molecule has 2 heteroatoms. The van der Waals surface area contributed by atoms with E-state index >= 15 is 0 Å². The van der Waals surface area contributed by atoms with Crippen LogP contribution in [-0.4, -0.2) is 26.4 Å². The number of unbranched alkanes of at least 4 members (excludes halogenated alkanes) is 2. The Labute approximate surface area is 69.9 Å². The van der Waals surface area contributed by atoms with Crippen molar-refractivity contribution >= 4 is 0 Å². The summed E-state index contributed by atoms with van der Waals surface area (Å²) in [6.45, 7) is 5.80. The topological polar surface area (TPSA) is 18.5 Å². The third-order valence-corrected chi connectivity index (χ3v) is 1.65. The Kier molecular flexibility index (Phi) is 7.96. The molecule has 0 spiro atoms. The van der Waals surface area contributed by atoms with Crippen LogP contribution in [0.4, 0.5) is 0 Å². The summed E-state index contributed by atoms with van der Waals surface area (Å²) in [4.78, 5) is 0. The molecule has 0 saturated heterocycles. The van der Waals surface area contributed by atoms with E-state index in [1.54, 1.807) is 7.11 Å². The van der Waals surface area contributed by atoms with Crippen LogP contribution in [0.5, 0.6) is 0 Å². The zero-order valence-electron chi connectivity index (χ0n) is 7.93. The second-order valence-corrected chi connectivity index (χ2v) is 2.83. The van der Waals surface area contributed by atoms with Gasteiger partial charge in [0.05, 0.1) is 12.7 Å². The highest BCUT2D eigenvalue weighted by molar-refractivity contribution is 4.44. The Balaban J connectivity index is 2.89. The maximum Gasteiger partial charge on any atom is 0.0776 e. The van der Waals surface area contributed by atoms with Crippen LogP contribution in [0.2, 0.25) is 0 Å². The molecule has 0 aliphatic carbocycles.